The number of hydrogen-bond donors (Lipinski definition) is 1. The Kier molecular flexibility index (Phi) is 4.82. The zero-order valence-electron chi connectivity index (χ0n) is 15.8. The predicted molar refractivity (Wildman–Crippen MR) is 106 cm³/mol. The molecule has 0 aliphatic heterocycles. The molecule has 1 aliphatic rings. The van der Waals surface area contributed by atoms with Gasteiger partial charge in [0.05, 0.1) is 30.0 Å². The molecule has 0 saturated heterocycles. The van der Waals surface area contributed by atoms with E-state index in [1.54, 1.807) is 31.5 Å². The lowest BCUT2D eigenvalue weighted by molar-refractivity contribution is 0.0491. The van der Waals surface area contributed by atoms with Crippen LogP contribution in [0.3, 0.4) is 0 Å². The molecule has 29 heavy (non-hydrogen) atoms. The molecular formula is C21H19FN6O. The van der Waals surface area contributed by atoms with Gasteiger partial charge in [-0.15, -0.1) is 0 Å². The number of fused-ring (bicyclic) bond motifs is 1. The van der Waals surface area contributed by atoms with Gasteiger partial charge in [-0.2, -0.15) is 10.4 Å². The third-order valence-electron chi connectivity index (χ3n) is 5.02. The summed E-state index contributed by atoms with van der Waals surface area (Å²) < 4.78 is 17.0. The van der Waals surface area contributed by atoms with Crippen molar-refractivity contribution < 1.29 is 9.50 Å². The number of nitrogens with zero attached hydrogens (tertiary/aromatic N) is 6. The molecule has 8 heteroatoms. The molecule has 0 atom stereocenters. The lowest BCUT2D eigenvalue weighted by Gasteiger charge is -2.33. The molecule has 0 amide bonds. The maximum atomic E-state index is 13.5. The van der Waals surface area contributed by atoms with Crippen molar-refractivity contribution in [3.8, 4) is 17.5 Å². The molecule has 146 valence electrons. The molecule has 7 nitrogen and oxygen atoms in total. The van der Waals surface area contributed by atoms with Gasteiger partial charge < -0.3 is 9.67 Å². The van der Waals surface area contributed by atoms with Crippen LogP contribution in [0, 0.1) is 11.3 Å². The fraction of sp³-hybridized carbons (Fsp3) is 0.238. The van der Waals surface area contributed by atoms with Crippen LogP contribution in [0.25, 0.3) is 22.6 Å². The number of aliphatic hydroxyl groups excluding tert-OH is 1. The molecule has 1 fully saturated rings. The van der Waals surface area contributed by atoms with Crippen LogP contribution in [0.1, 0.15) is 37.2 Å². The number of aliphatic hydroxyl groups is 1. The molecule has 3 heterocycles. The average Bonchev–Trinajstić information content (AvgIpc) is 3.32. The van der Waals surface area contributed by atoms with Gasteiger partial charge in [0.1, 0.15) is 17.6 Å². The zero-order chi connectivity index (χ0) is 20.5. The third-order valence-corrected chi connectivity index (χ3v) is 5.02. The highest BCUT2D eigenvalue weighted by molar-refractivity contribution is 5.80. The van der Waals surface area contributed by atoms with E-state index in [2.05, 4.69) is 27.7 Å². The third kappa shape index (κ3) is 3.37. The Bertz CT molecular complexity index is 1190. The number of aromatic nitrogens is 5. The number of imidazole rings is 2. The van der Waals surface area contributed by atoms with Gasteiger partial charge >= 0.3 is 0 Å². The van der Waals surface area contributed by atoms with Crippen molar-refractivity contribution in [3.05, 3.63) is 66.7 Å². The van der Waals surface area contributed by atoms with Crippen LogP contribution in [0.5, 0.6) is 0 Å². The van der Waals surface area contributed by atoms with Gasteiger partial charge in [0.25, 0.3) is 0 Å². The molecule has 1 aliphatic carbocycles. The summed E-state index contributed by atoms with van der Waals surface area (Å²) in [6.07, 6.45) is 8.32. The Balaban J connectivity index is 1.84. The van der Waals surface area contributed by atoms with E-state index in [1.165, 1.54) is 22.9 Å². The first-order valence-corrected chi connectivity index (χ1v) is 9.21. The van der Waals surface area contributed by atoms with Crippen LogP contribution < -0.4 is 0 Å². The van der Waals surface area contributed by atoms with Crippen LogP contribution in [0.15, 0.2) is 55.3 Å². The normalized spacial score (nSPS) is 19.4. The first-order chi connectivity index (χ1) is 14.0. The van der Waals surface area contributed by atoms with Gasteiger partial charge in [-0.25, -0.2) is 18.9 Å². The standard InChI is InChI=1S/C21H19FN6O/c1-3-14(22)5-4-13(2)20-21(27(12-25-20)15-8-17(29)9-15)18-6-7-19-24-11-16(10-23)28(19)26-18/h3-7,11-12,15,17,29H,2,8-9H2,1H3/b5-4-,14-3+. The lowest BCUT2D eigenvalue weighted by Crippen LogP contribution is -2.31. The van der Waals surface area contributed by atoms with E-state index in [-0.39, 0.29) is 18.0 Å². The molecule has 3 aromatic rings. The molecular weight excluding hydrogens is 371 g/mol. The summed E-state index contributed by atoms with van der Waals surface area (Å²) in [5, 5.41) is 23.6. The summed E-state index contributed by atoms with van der Waals surface area (Å²) in [5.41, 5.74) is 3.27. The van der Waals surface area contributed by atoms with Crippen molar-refractivity contribution in [1.82, 2.24) is 24.1 Å². The number of halogens is 1. The van der Waals surface area contributed by atoms with Crippen molar-refractivity contribution in [2.75, 3.05) is 0 Å². The summed E-state index contributed by atoms with van der Waals surface area (Å²) in [6, 6.07) is 5.74. The summed E-state index contributed by atoms with van der Waals surface area (Å²) >= 11 is 0. The van der Waals surface area contributed by atoms with Crippen LogP contribution in [0.2, 0.25) is 0 Å². The quantitative estimate of drug-likeness (QED) is 0.672. The number of hydrogen-bond acceptors (Lipinski definition) is 5. The van der Waals surface area contributed by atoms with Gasteiger partial charge in [0.15, 0.2) is 11.3 Å². The van der Waals surface area contributed by atoms with Crippen molar-refractivity contribution in [2.24, 2.45) is 0 Å². The number of allylic oxidation sites excluding steroid dienone is 5. The highest BCUT2D eigenvalue weighted by Gasteiger charge is 2.32. The molecule has 0 aromatic carbocycles. The van der Waals surface area contributed by atoms with E-state index in [0.29, 0.717) is 46.8 Å². The van der Waals surface area contributed by atoms with E-state index in [9.17, 15) is 14.8 Å². The van der Waals surface area contributed by atoms with Crippen LogP contribution >= 0.6 is 0 Å². The van der Waals surface area contributed by atoms with Crippen molar-refractivity contribution in [1.29, 1.82) is 5.26 Å². The minimum absolute atomic E-state index is 0.0843. The second-order valence-electron chi connectivity index (χ2n) is 6.90. The molecule has 0 unspecified atom stereocenters. The Hall–Kier alpha value is -3.57. The van der Waals surface area contributed by atoms with E-state index in [0.717, 1.165) is 0 Å². The maximum Gasteiger partial charge on any atom is 0.162 e. The summed E-state index contributed by atoms with van der Waals surface area (Å²) in [5.74, 6) is -0.370. The Morgan fingerprint density at radius 2 is 2.14 bits per heavy atom. The fourth-order valence-electron chi connectivity index (χ4n) is 3.34. The van der Waals surface area contributed by atoms with Crippen LogP contribution in [-0.4, -0.2) is 35.4 Å². The van der Waals surface area contributed by atoms with Crippen LogP contribution in [-0.2, 0) is 0 Å². The first kappa shape index (κ1) is 18.8. The SMILES string of the molecule is C=C(/C=C\C(F)=C/C)c1ncn(C2CC(O)C2)c1-c1ccc2ncc(C#N)n2n1. The smallest absolute Gasteiger partial charge is 0.162 e. The topological polar surface area (TPSA) is 92.0 Å². The largest absolute Gasteiger partial charge is 0.393 e. The molecule has 0 radical (unpaired) electrons. The first-order valence-electron chi connectivity index (χ1n) is 9.21. The van der Waals surface area contributed by atoms with Crippen molar-refractivity contribution in [3.63, 3.8) is 0 Å². The number of nitriles is 1. The van der Waals surface area contributed by atoms with Crippen molar-refractivity contribution >= 4 is 11.2 Å². The Labute approximate surface area is 166 Å². The zero-order valence-corrected chi connectivity index (χ0v) is 15.8. The van der Waals surface area contributed by atoms with Crippen molar-refractivity contribution in [2.45, 2.75) is 31.9 Å². The van der Waals surface area contributed by atoms with Crippen LogP contribution in [0.4, 0.5) is 4.39 Å². The summed E-state index contributed by atoms with van der Waals surface area (Å²) in [6.45, 7) is 5.64. The fourth-order valence-corrected chi connectivity index (χ4v) is 3.34. The van der Waals surface area contributed by atoms with E-state index >= 15 is 0 Å². The second kappa shape index (κ2) is 7.45. The van der Waals surface area contributed by atoms with E-state index < -0.39 is 0 Å². The monoisotopic (exact) mass is 390 g/mol. The predicted octanol–water partition coefficient (Wildman–Crippen LogP) is 3.60. The Morgan fingerprint density at radius 1 is 1.34 bits per heavy atom. The molecule has 1 saturated carbocycles. The Morgan fingerprint density at radius 3 is 2.83 bits per heavy atom. The average molecular weight is 390 g/mol. The second-order valence-corrected chi connectivity index (χ2v) is 6.90. The van der Waals surface area contributed by atoms with E-state index in [4.69, 9.17) is 0 Å². The summed E-state index contributed by atoms with van der Waals surface area (Å²) in [7, 11) is 0. The van der Waals surface area contributed by atoms with Gasteiger partial charge in [0, 0.05) is 6.04 Å². The number of rotatable bonds is 5. The minimum Gasteiger partial charge on any atom is -0.393 e. The molecule has 1 N–H and O–H groups in total. The van der Waals surface area contributed by atoms with E-state index in [1.807, 2.05) is 4.57 Å². The van der Waals surface area contributed by atoms with Gasteiger partial charge in [-0.3, -0.25) is 0 Å². The molecule has 3 aromatic heterocycles. The van der Waals surface area contributed by atoms with Gasteiger partial charge in [-0.1, -0.05) is 18.7 Å². The summed E-state index contributed by atoms with van der Waals surface area (Å²) in [4.78, 5) is 8.66. The molecule has 4 rings (SSSR count). The highest BCUT2D eigenvalue weighted by Crippen LogP contribution is 2.38. The highest BCUT2D eigenvalue weighted by atomic mass is 19.1. The molecule has 0 spiro atoms. The maximum absolute atomic E-state index is 13.5. The molecule has 0 bridgehead atoms. The van der Waals surface area contributed by atoms with Gasteiger partial charge in [-0.05, 0) is 43.5 Å². The van der Waals surface area contributed by atoms with Gasteiger partial charge in [0.2, 0.25) is 0 Å². The minimum atomic E-state index is -0.370. The lowest BCUT2D eigenvalue weighted by atomic mass is 9.89.